The average Bonchev–Trinajstić information content (AvgIpc) is 3.30. The Balaban J connectivity index is 4.24. The van der Waals surface area contributed by atoms with Crippen molar-refractivity contribution in [1.82, 2.24) is 0 Å². The predicted molar refractivity (Wildman–Crippen MR) is 286 cm³/mol. The summed E-state index contributed by atoms with van der Waals surface area (Å²) >= 11 is 0. The minimum absolute atomic E-state index is 0.0294. The lowest BCUT2D eigenvalue weighted by atomic mass is 10.0. The molecule has 8 nitrogen and oxygen atoms in total. The summed E-state index contributed by atoms with van der Waals surface area (Å²) in [6.07, 6.45) is 66.2. The molecule has 0 amide bonds. The lowest BCUT2D eigenvalue weighted by Gasteiger charge is -2.34. The number of carboxylic acids is 1. The van der Waals surface area contributed by atoms with Crippen LogP contribution in [0.2, 0.25) is 0 Å². The molecule has 0 saturated carbocycles. The summed E-state index contributed by atoms with van der Waals surface area (Å²) in [5.74, 6) is -1.76. The molecule has 68 heavy (non-hydrogen) atoms. The fourth-order valence-corrected chi connectivity index (χ4v) is 7.78. The van der Waals surface area contributed by atoms with Crippen LogP contribution in [0.1, 0.15) is 226 Å². The molecule has 0 spiro atoms. The predicted octanol–water partition coefficient (Wildman–Crippen LogP) is 15.1. The highest BCUT2D eigenvalue weighted by atomic mass is 16.6. The zero-order valence-electron chi connectivity index (χ0n) is 44.5. The van der Waals surface area contributed by atoms with Crippen LogP contribution in [0.5, 0.6) is 0 Å². The molecule has 0 radical (unpaired) electrons. The summed E-state index contributed by atoms with van der Waals surface area (Å²) in [7, 11) is 5.41. The number of nitrogens with zero attached hydrogens (tertiary/aromatic N) is 1. The molecule has 2 unspecified atom stereocenters. The van der Waals surface area contributed by atoms with Gasteiger partial charge in [0.25, 0.3) is 0 Å². The zero-order valence-corrected chi connectivity index (χ0v) is 44.5. The molecule has 0 N–H and O–H groups in total. The van der Waals surface area contributed by atoms with Gasteiger partial charge in [-0.15, -0.1) is 0 Å². The van der Waals surface area contributed by atoms with Gasteiger partial charge in [0.15, 0.2) is 6.10 Å². The maximum Gasteiger partial charge on any atom is 0.306 e. The molecule has 0 aliphatic rings. The number of rotatable bonds is 49. The Morgan fingerprint density at radius 1 is 0.456 bits per heavy atom. The van der Waals surface area contributed by atoms with Crippen molar-refractivity contribution in [3.63, 3.8) is 0 Å². The van der Waals surface area contributed by atoms with Gasteiger partial charge in [0, 0.05) is 19.3 Å². The lowest BCUT2D eigenvalue weighted by molar-refractivity contribution is -0.889. The molecular weight excluding hydrogens is 847 g/mol. The maximum atomic E-state index is 12.8. The average molecular weight is 950 g/mol. The third kappa shape index (κ3) is 47.6. The van der Waals surface area contributed by atoms with Gasteiger partial charge in [-0.25, -0.2) is 0 Å². The van der Waals surface area contributed by atoms with E-state index in [2.05, 4.69) is 98.9 Å². The molecule has 0 heterocycles. The third-order valence-electron chi connectivity index (χ3n) is 12.0. The number of carbonyl (C=O) groups is 3. The van der Waals surface area contributed by atoms with E-state index in [1.165, 1.54) is 96.3 Å². The molecule has 0 fully saturated rings. The molecule has 2 atom stereocenters. The topological polar surface area (TPSA) is 102 Å². The van der Waals surface area contributed by atoms with E-state index in [4.69, 9.17) is 14.2 Å². The van der Waals surface area contributed by atoms with Crippen LogP contribution < -0.4 is 5.11 Å². The lowest BCUT2D eigenvalue weighted by Crippen LogP contribution is -2.55. The number of aliphatic carboxylic acids is 1. The van der Waals surface area contributed by atoms with Crippen LogP contribution in [0.3, 0.4) is 0 Å². The number of ether oxygens (including phenoxy) is 3. The Morgan fingerprint density at radius 2 is 0.824 bits per heavy atom. The molecule has 0 bridgehead atoms. The summed E-state index contributed by atoms with van der Waals surface area (Å²) < 4.78 is 17.3. The van der Waals surface area contributed by atoms with Crippen molar-refractivity contribution in [2.75, 3.05) is 41.0 Å². The SMILES string of the molecule is CC/C=C/C/C=C/C/C=C/CCCCCCCCCCCCCCCC(=O)OCC(COCCC(C(=O)[O-])[N+](C)(C)C)OC(=O)CCCCCCC/C=C/C/C=C/C/C=C/C/C=C/CCCCC. The number of allylic oxidation sites excluding steroid dienone is 14. The molecule has 0 aliphatic carbocycles. The van der Waals surface area contributed by atoms with Gasteiger partial charge >= 0.3 is 11.9 Å². The van der Waals surface area contributed by atoms with Crippen molar-refractivity contribution in [3.8, 4) is 0 Å². The first kappa shape index (κ1) is 64.5. The van der Waals surface area contributed by atoms with E-state index in [-0.39, 0.29) is 42.7 Å². The minimum Gasteiger partial charge on any atom is -0.544 e. The van der Waals surface area contributed by atoms with Crippen LogP contribution >= 0.6 is 0 Å². The van der Waals surface area contributed by atoms with Crippen LogP contribution in [0.15, 0.2) is 85.1 Å². The number of carboxylic acid groups (broad SMARTS) is 1. The number of hydrogen-bond donors (Lipinski definition) is 0. The van der Waals surface area contributed by atoms with Gasteiger partial charge in [-0.3, -0.25) is 9.59 Å². The quantitative estimate of drug-likeness (QED) is 0.0259. The Bertz CT molecular complexity index is 1380. The van der Waals surface area contributed by atoms with Crippen LogP contribution in [0, 0.1) is 0 Å². The standard InChI is InChI=1S/C60H103NO7/c1-6-8-10-12-14-16-18-20-22-24-26-28-29-31-32-34-36-38-40-42-44-46-48-50-58(62)67-55-56(54-66-53-52-57(60(64)65)61(3,4)5)68-59(63)51-49-47-45-43-41-39-37-35-33-30-27-25-23-21-19-17-15-13-11-9-7-2/h8,10,14-17,20-23,27,30,35,37,56-57H,6-7,9,11-13,18-19,24-26,28-29,31-34,36,38-55H2,1-5H3/b10-8+,16-14+,17-15+,22-20+,23-21+,30-27+,37-35+. The van der Waals surface area contributed by atoms with Crippen LogP contribution in [-0.4, -0.2) is 75.5 Å². The van der Waals surface area contributed by atoms with Gasteiger partial charge in [0.2, 0.25) is 0 Å². The van der Waals surface area contributed by atoms with Gasteiger partial charge in [-0.1, -0.05) is 202 Å². The number of likely N-dealkylation sites (N-methyl/N-ethyl adjacent to an activating group) is 1. The van der Waals surface area contributed by atoms with Crippen molar-refractivity contribution in [1.29, 1.82) is 0 Å². The molecule has 0 rings (SSSR count). The van der Waals surface area contributed by atoms with E-state index in [0.29, 0.717) is 12.8 Å². The van der Waals surface area contributed by atoms with Crippen molar-refractivity contribution < 1.29 is 38.2 Å². The Labute approximate surface area is 418 Å². The van der Waals surface area contributed by atoms with Crippen molar-refractivity contribution in [2.24, 2.45) is 0 Å². The van der Waals surface area contributed by atoms with Crippen molar-refractivity contribution in [3.05, 3.63) is 85.1 Å². The molecule has 0 aromatic rings. The number of quaternary nitrogens is 1. The third-order valence-corrected chi connectivity index (χ3v) is 12.0. The van der Waals surface area contributed by atoms with E-state index in [1.54, 1.807) is 21.1 Å². The summed E-state index contributed by atoms with van der Waals surface area (Å²) in [4.78, 5) is 37.1. The van der Waals surface area contributed by atoms with Gasteiger partial charge < -0.3 is 28.6 Å². The first-order chi connectivity index (χ1) is 33.1. The largest absolute Gasteiger partial charge is 0.544 e. The highest BCUT2D eigenvalue weighted by Crippen LogP contribution is 2.15. The summed E-state index contributed by atoms with van der Waals surface area (Å²) in [6.45, 7) is 4.52. The maximum absolute atomic E-state index is 12.8. The molecule has 0 aromatic heterocycles. The second kappa shape index (κ2) is 49.9. The zero-order chi connectivity index (χ0) is 49.9. The first-order valence-corrected chi connectivity index (χ1v) is 27.6. The summed E-state index contributed by atoms with van der Waals surface area (Å²) in [5, 5.41) is 11.7. The number of carbonyl (C=O) groups excluding carboxylic acids is 3. The first-order valence-electron chi connectivity index (χ1n) is 27.6. The molecule has 0 saturated heterocycles. The minimum atomic E-state index is -1.13. The Kier molecular flexibility index (Phi) is 47.4. The fraction of sp³-hybridized carbons (Fsp3) is 0.717. The molecule has 0 aliphatic heterocycles. The van der Waals surface area contributed by atoms with E-state index in [1.807, 2.05) is 0 Å². The number of unbranched alkanes of at least 4 members (excludes halogenated alkanes) is 21. The highest BCUT2D eigenvalue weighted by molar-refractivity contribution is 5.70. The van der Waals surface area contributed by atoms with E-state index in [9.17, 15) is 19.5 Å². The van der Waals surface area contributed by atoms with Crippen LogP contribution in [0.25, 0.3) is 0 Å². The van der Waals surface area contributed by atoms with Gasteiger partial charge in [0.1, 0.15) is 12.6 Å². The Hall–Kier alpha value is -3.49. The van der Waals surface area contributed by atoms with Crippen LogP contribution in [-0.2, 0) is 28.6 Å². The normalized spacial score (nSPS) is 13.5. The van der Waals surface area contributed by atoms with Crippen molar-refractivity contribution >= 4 is 17.9 Å². The van der Waals surface area contributed by atoms with Crippen molar-refractivity contribution in [2.45, 2.75) is 238 Å². The smallest absolute Gasteiger partial charge is 0.306 e. The second-order valence-corrected chi connectivity index (χ2v) is 19.4. The highest BCUT2D eigenvalue weighted by Gasteiger charge is 2.25. The summed E-state index contributed by atoms with van der Waals surface area (Å²) in [6, 6.07) is -0.734. The number of hydrogen-bond acceptors (Lipinski definition) is 7. The summed E-state index contributed by atoms with van der Waals surface area (Å²) in [5.41, 5.74) is 0. The molecule has 8 heteroatoms. The second-order valence-electron chi connectivity index (χ2n) is 19.4. The van der Waals surface area contributed by atoms with Crippen LogP contribution in [0.4, 0.5) is 0 Å². The van der Waals surface area contributed by atoms with Gasteiger partial charge in [0.05, 0.1) is 40.3 Å². The molecular formula is C60H103NO7. The monoisotopic (exact) mass is 950 g/mol. The van der Waals surface area contributed by atoms with Gasteiger partial charge in [-0.2, -0.15) is 0 Å². The Morgan fingerprint density at radius 3 is 1.22 bits per heavy atom. The molecule has 0 aromatic carbocycles. The fourth-order valence-electron chi connectivity index (χ4n) is 7.78. The molecule has 390 valence electrons. The van der Waals surface area contributed by atoms with E-state index >= 15 is 0 Å². The van der Waals surface area contributed by atoms with E-state index < -0.39 is 18.1 Å². The van der Waals surface area contributed by atoms with E-state index in [0.717, 1.165) is 96.3 Å². The van der Waals surface area contributed by atoms with Gasteiger partial charge in [-0.05, 0) is 89.9 Å². The number of esters is 2.